The Morgan fingerprint density at radius 1 is 1.23 bits per heavy atom. The fourth-order valence-electron chi connectivity index (χ4n) is 4.36. The smallest absolute Gasteiger partial charge is 0.248 e. The molecule has 4 rings (SSSR count). The van der Waals surface area contributed by atoms with Crippen molar-refractivity contribution in [3.8, 4) is 0 Å². The van der Waals surface area contributed by atoms with Crippen molar-refractivity contribution < 1.29 is 14.3 Å². The third kappa shape index (κ3) is 3.66. The third-order valence-corrected chi connectivity index (χ3v) is 5.98. The summed E-state index contributed by atoms with van der Waals surface area (Å²) >= 11 is 0. The number of likely N-dealkylation sites (tertiary alicyclic amines) is 1. The Hall–Kier alpha value is -1.44. The monoisotopic (exact) mass is 362 g/mol. The minimum Gasteiger partial charge on any atom is -0.379 e. The van der Waals surface area contributed by atoms with Crippen LogP contribution in [0.3, 0.4) is 0 Å². The van der Waals surface area contributed by atoms with Crippen LogP contribution in [-0.4, -0.2) is 77.9 Å². The molecular weight excluding hydrogens is 332 g/mol. The molecule has 0 radical (unpaired) electrons. The number of amides is 1. The molecule has 3 aliphatic rings. The number of ether oxygens (including phenoxy) is 2. The van der Waals surface area contributed by atoms with E-state index in [-0.39, 0.29) is 18.6 Å². The predicted octanol–water partition coefficient (Wildman–Crippen LogP) is 1.15. The third-order valence-electron chi connectivity index (χ3n) is 5.98. The number of fused-ring (bicyclic) bond motifs is 1. The number of aryl methyl sites for hydroxylation is 1. The van der Waals surface area contributed by atoms with Gasteiger partial charge in [0, 0.05) is 45.2 Å². The molecule has 0 aromatic carbocycles. The van der Waals surface area contributed by atoms with Gasteiger partial charge in [-0.05, 0) is 33.2 Å². The fraction of sp³-hybridized carbons (Fsp3) is 0.789. The molecule has 4 heterocycles. The van der Waals surface area contributed by atoms with Crippen LogP contribution in [0.5, 0.6) is 0 Å². The summed E-state index contributed by atoms with van der Waals surface area (Å²) in [5, 5.41) is 0. The molecule has 7 nitrogen and oxygen atoms in total. The van der Waals surface area contributed by atoms with Crippen molar-refractivity contribution in [3.63, 3.8) is 0 Å². The second-order valence-electron chi connectivity index (χ2n) is 7.83. The molecule has 7 heteroatoms. The quantitative estimate of drug-likeness (QED) is 0.804. The summed E-state index contributed by atoms with van der Waals surface area (Å²) in [5.41, 5.74) is 2.64. The zero-order valence-corrected chi connectivity index (χ0v) is 15.9. The molecule has 0 aliphatic carbocycles. The maximum absolute atomic E-state index is 12.4. The van der Waals surface area contributed by atoms with Crippen LogP contribution >= 0.6 is 0 Å². The summed E-state index contributed by atoms with van der Waals surface area (Å²) in [6, 6.07) is 0. The summed E-state index contributed by atoms with van der Waals surface area (Å²) < 4.78 is 13.4. The normalized spacial score (nSPS) is 24.8. The Kier molecular flexibility index (Phi) is 5.29. The lowest BCUT2D eigenvalue weighted by molar-refractivity contribution is -0.139. The average molecular weight is 362 g/mol. The van der Waals surface area contributed by atoms with Gasteiger partial charge in [0.2, 0.25) is 5.91 Å². The molecule has 3 aliphatic heterocycles. The predicted molar refractivity (Wildman–Crippen MR) is 97.0 cm³/mol. The number of nitrogens with zero attached hydrogens (tertiary/aromatic N) is 4. The number of hydrogen-bond donors (Lipinski definition) is 0. The van der Waals surface area contributed by atoms with Crippen molar-refractivity contribution in [2.75, 3.05) is 46.5 Å². The summed E-state index contributed by atoms with van der Waals surface area (Å²) in [7, 11) is 2.17. The van der Waals surface area contributed by atoms with E-state index in [1.807, 2.05) is 4.90 Å². The van der Waals surface area contributed by atoms with E-state index in [1.54, 1.807) is 0 Å². The molecule has 0 N–H and O–H groups in total. The summed E-state index contributed by atoms with van der Waals surface area (Å²) in [4.78, 5) is 21.6. The Labute approximate surface area is 155 Å². The lowest BCUT2D eigenvalue weighted by Gasteiger charge is -2.33. The first kappa shape index (κ1) is 17.9. The van der Waals surface area contributed by atoms with E-state index in [2.05, 4.69) is 23.4 Å². The molecule has 2 saturated heterocycles. The van der Waals surface area contributed by atoms with Crippen LogP contribution in [-0.2, 0) is 27.4 Å². The molecule has 1 unspecified atom stereocenters. The number of likely N-dealkylation sites (N-methyl/N-ethyl adjacent to an activating group) is 1. The fourth-order valence-corrected chi connectivity index (χ4v) is 4.36. The van der Waals surface area contributed by atoms with Crippen molar-refractivity contribution >= 4 is 5.91 Å². The largest absolute Gasteiger partial charge is 0.379 e. The highest BCUT2D eigenvalue weighted by atomic mass is 16.5. The van der Waals surface area contributed by atoms with Crippen molar-refractivity contribution in [2.45, 2.75) is 51.3 Å². The zero-order chi connectivity index (χ0) is 18.1. The van der Waals surface area contributed by atoms with Crippen molar-refractivity contribution in [3.05, 3.63) is 17.2 Å². The Morgan fingerprint density at radius 3 is 2.77 bits per heavy atom. The molecule has 1 aromatic rings. The SMILES string of the molecule is Cc1nc(C2CCN(C(=O)COC3CCOC3)CC2)c2n1CCN(C)C2. The van der Waals surface area contributed by atoms with Gasteiger partial charge >= 0.3 is 0 Å². The second-order valence-corrected chi connectivity index (χ2v) is 7.83. The molecule has 0 saturated carbocycles. The average Bonchev–Trinajstić information content (AvgIpc) is 3.28. The van der Waals surface area contributed by atoms with Gasteiger partial charge in [-0.15, -0.1) is 0 Å². The van der Waals surface area contributed by atoms with Gasteiger partial charge in [-0.1, -0.05) is 0 Å². The molecule has 26 heavy (non-hydrogen) atoms. The lowest BCUT2D eigenvalue weighted by atomic mass is 9.92. The van der Waals surface area contributed by atoms with E-state index in [9.17, 15) is 4.79 Å². The Morgan fingerprint density at radius 2 is 2.04 bits per heavy atom. The van der Waals surface area contributed by atoms with Gasteiger partial charge in [-0.2, -0.15) is 0 Å². The molecular formula is C19H30N4O3. The van der Waals surface area contributed by atoms with Crippen LogP contribution < -0.4 is 0 Å². The van der Waals surface area contributed by atoms with E-state index >= 15 is 0 Å². The first-order valence-electron chi connectivity index (χ1n) is 9.83. The maximum Gasteiger partial charge on any atom is 0.248 e. The van der Waals surface area contributed by atoms with E-state index in [0.717, 1.165) is 64.4 Å². The van der Waals surface area contributed by atoms with Gasteiger partial charge in [0.25, 0.3) is 0 Å². The summed E-state index contributed by atoms with van der Waals surface area (Å²) in [6.07, 6.45) is 2.97. The highest BCUT2D eigenvalue weighted by Gasteiger charge is 2.30. The molecule has 0 spiro atoms. The highest BCUT2D eigenvalue weighted by Crippen LogP contribution is 2.32. The van der Waals surface area contributed by atoms with Crippen LogP contribution in [0.25, 0.3) is 0 Å². The molecule has 2 fully saturated rings. The van der Waals surface area contributed by atoms with E-state index < -0.39 is 0 Å². The van der Waals surface area contributed by atoms with Crippen LogP contribution in [0.4, 0.5) is 0 Å². The van der Waals surface area contributed by atoms with Gasteiger partial charge in [-0.25, -0.2) is 4.98 Å². The van der Waals surface area contributed by atoms with Crippen LogP contribution in [0, 0.1) is 6.92 Å². The standard InChI is InChI=1S/C19H30N4O3/c1-14-20-19(17-11-21(2)8-9-23(14)17)15-3-6-22(7-4-15)18(24)13-26-16-5-10-25-12-16/h15-16H,3-13H2,1-2H3. The lowest BCUT2D eigenvalue weighted by Crippen LogP contribution is -2.41. The number of rotatable bonds is 4. The van der Waals surface area contributed by atoms with Crippen LogP contribution in [0.15, 0.2) is 0 Å². The van der Waals surface area contributed by atoms with Gasteiger partial charge in [0.15, 0.2) is 0 Å². The topological polar surface area (TPSA) is 59.8 Å². The number of aromatic nitrogens is 2. The van der Waals surface area contributed by atoms with E-state index in [4.69, 9.17) is 14.5 Å². The minimum absolute atomic E-state index is 0.0912. The first-order valence-corrected chi connectivity index (χ1v) is 9.83. The summed E-state index contributed by atoms with van der Waals surface area (Å²) in [5.74, 6) is 1.71. The highest BCUT2D eigenvalue weighted by molar-refractivity contribution is 5.77. The molecule has 1 atom stereocenters. The van der Waals surface area contributed by atoms with Crippen LogP contribution in [0.1, 0.15) is 42.4 Å². The molecule has 144 valence electrons. The zero-order valence-electron chi connectivity index (χ0n) is 15.9. The van der Waals surface area contributed by atoms with Gasteiger partial charge in [0.1, 0.15) is 12.4 Å². The first-order chi connectivity index (χ1) is 12.6. The molecule has 0 bridgehead atoms. The van der Waals surface area contributed by atoms with Gasteiger partial charge in [-0.3, -0.25) is 9.69 Å². The second kappa shape index (κ2) is 7.66. The minimum atomic E-state index is 0.0912. The van der Waals surface area contributed by atoms with Crippen molar-refractivity contribution in [1.29, 1.82) is 0 Å². The van der Waals surface area contributed by atoms with Crippen molar-refractivity contribution in [1.82, 2.24) is 19.4 Å². The Bertz CT molecular complexity index is 645. The number of hydrogen-bond acceptors (Lipinski definition) is 5. The summed E-state index contributed by atoms with van der Waals surface area (Å²) in [6.45, 7) is 8.36. The number of imidazole rings is 1. The van der Waals surface area contributed by atoms with E-state index in [1.165, 1.54) is 11.4 Å². The number of carbonyl (C=O) groups is 1. The number of carbonyl (C=O) groups excluding carboxylic acids is 1. The molecule has 1 aromatic heterocycles. The number of piperidine rings is 1. The van der Waals surface area contributed by atoms with Gasteiger partial charge in [0.05, 0.1) is 24.1 Å². The van der Waals surface area contributed by atoms with Gasteiger partial charge < -0.3 is 18.9 Å². The molecule has 1 amide bonds. The Balaban J connectivity index is 1.33. The van der Waals surface area contributed by atoms with Crippen molar-refractivity contribution in [2.24, 2.45) is 0 Å². The van der Waals surface area contributed by atoms with E-state index in [0.29, 0.717) is 12.5 Å². The van der Waals surface area contributed by atoms with Crippen LogP contribution in [0.2, 0.25) is 0 Å². The maximum atomic E-state index is 12.4.